The number of hydrogen-bond acceptors (Lipinski definition) is 3. The number of para-hydroxylation sites is 1. The Morgan fingerprint density at radius 1 is 1.13 bits per heavy atom. The summed E-state index contributed by atoms with van der Waals surface area (Å²) in [6, 6.07) is 14.7. The Kier molecular flexibility index (Phi) is 7.89. The van der Waals surface area contributed by atoms with Crippen molar-refractivity contribution in [2.75, 3.05) is 20.7 Å². The molecule has 2 aromatic rings. The van der Waals surface area contributed by atoms with Gasteiger partial charge in [0.2, 0.25) is 5.91 Å². The average Bonchev–Trinajstić information content (AvgIpc) is 2.54. The Balaban J connectivity index is 0.00000264. The minimum Gasteiger partial charge on any atom is -0.496 e. The SMILES string of the molecule is CNCC(=O)NC(c1ccccc1Cl)c1ccccc1OC.Cl. The summed E-state index contributed by atoms with van der Waals surface area (Å²) in [5, 5.41) is 6.44. The van der Waals surface area contributed by atoms with E-state index in [-0.39, 0.29) is 30.9 Å². The van der Waals surface area contributed by atoms with Crippen LogP contribution in [0.25, 0.3) is 0 Å². The van der Waals surface area contributed by atoms with Crippen molar-refractivity contribution in [2.45, 2.75) is 6.04 Å². The quantitative estimate of drug-likeness (QED) is 0.837. The molecule has 2 rings (SSSR count). The number of nitrogens with one attached hydrogen (secondary N) is 2. The number of likely N-dealkylation sites (N-methyl/N-ethyl adjacent to an activating group) is 1. The minimum absolute atomic E-state index is 0. The van der Waals surface area contributed by atoms with Crippen LogP contribution in [-0.4, -0.2) is 26.6 Å². The van der Waals surface area contributed by atoms with Crippen molar-refractivity contribution in [1.82, 2.24) is 10.6 Å². The molecule has 1 amide bonds. The lowest BCUT2D eigenvalue weighted by atomic mass is 9.97. The van der Waals surface area contributed by atoms with E-state index in [1.165, 1.54) is 0 Å². The van der Waals surface area contributed by atoms with Crippen molar-refractivity contribution in [3.05, 3.63) is 64.7 Å². The summed E-state index contributed by atoms with van der Waals surface area (Å²) in [5.41, 5.74) is 1.70. The maximum atomic E-state index is 12.1. The van der Waals surface area contributed by atoms with Crippen LogP contribution in [0, 0.1) is 0 Å². The second kappa shape index (κ2) is 9.40. The molecular formula is C17H20Cl2N2O2. The molecule has 0 radical (unpaired) electrons. The molecule has 23 heavy (non-hydrogen) atoms. The summed E-state index contributed by atoms with van der Waals surface area (Å²) in [6.07, 6.45) is 0. The molecule has 2 N–H and O–H groups in total. The molecule has 6 heteroatoms. The van der Waals surface area contributed by atoms with E-state index in [9.17, 15) is 4.79 Å². The van der Waals surface area contributed by atoms with E-state index in [0.717, 1.165) is 11.1 Å². The molecule has 0 saturated carbocycles. The molecule has 1 unspecified atom stereocenters. The number of benzene rings is 2. The van der Waals surface area contributed by atoms with Gasteiger partial charge in [0, 0.05) is 10.6 Å². The summed E-state index contributed by atoms with van der Waals surface area (Å²) in [4.78, 5) is 12.1. The molecule has 2 aromatic carbocycles. The third kappa shape index (κ3) is 4.86. The summed E-state index contributed by atoms with van der Waals surface area (Å²) in [5.74, 6) is 0.593. The van der Waals surface area contributed by atoms with E-state index in [1.54, 1.807) is 14.2 Å². The van der Waals surface area contributed by atoms with Crippen LogP contribution >= 0.6 is 24.0 Å². The van der Waals surface area contributed by atoms with E-state index < -0.39 is 0 Å². The molecule has 0 aliphatic heterocycles. The zero-order chi connectivity index (χ0) is 15.9. The Morgan fingerprint density at radius 3 is 2.35 bits per heavy atom. The topological polar surface area (TPSA) is 50.4 Å². The maximum Gasteiger partial charge on any atom is 0.234 e. The van der Waals surface area contributed by atoms with Gasteiger partial charge in [-0.25, -0.2) is 0 Å². The molecule has 0 aromatic heterocycles. The fourth-order valence-corrected chi connectivity index (χ4v) is 2.55. The van der Waals surface area contributed by atoms with Crippen LogP contribution in [0.2, 0.25) is 5.02 Å². The van der Waals surface area contributed by atoms with Crippen molar-refractivity contribution in [1.29, 1.82) is 0 Å². The van der Waals surface area contributed by atoms with Crippen LogP contribution in [-0.2, 0) is 4.79 Å². The monoisotopic (exact) mass is 354 g/mol. The lowest BCUT2D eigenvalue weighted by Crippen LogP contribution is -2.35. The lowest BCUT2D eigenvalue weighted by molar-refractivity contribution is -0.120. The van der Waals surface area contributed by atoms with Crippen LogP contribution in [0.4, 0.5) is 0 Å². The summed E-state index contributed by atoms with van der Waals surface area (Å²) < 4.78 is 5.42. The zero-order valence-electron chi connectivity index (χ0n) is 13.0. The number of methoxy groups -OCH3 is 1. The number of amides is 1. The fraction of sp³-hybridized carbons (Fsp3) is 0.235. The van der Waals surface area contributed by atoms with Crippen LogP contribution in [0.3, 0.4) is 0 Å². The van der Waals surface area contributed by atoms with Crippen LogP contribution in [0.5, 0.6) is 5.75 Å². The predicted octanol–water partition coefficient (Wildman–Crippen LogP) is 3.20. The van der Waals surface area contributed by atoms with Crippen molar-refractivity contribution in [3.8, 4) is 5.75 Å². The number of ether oxygens (including phenoxy) is 1. The highest BCUT2D eigenvalue weighted by Crippen LogP contribution is 2.33. The number of carbonyl (C=O) groups excluding carboxylic acids is 1. The van der Waals surface area contributed by atoms with Gasteiger partial charge in [0.15, 0.2) is 0 Å². The highest BCUT2D eigenvalue weighted by atomic mass is 35.5. The van der Waals surface area contributed by atoms with E-state index in [0.29, 0.717) is 10.8 Å². The van der Waals surface area contributed by atoms with Crippen LogP contribution in [0.15, 0.2) is 48.5 Å². The minimum atomic E-state index is -0.370. The van der Waals surface area contributed by atoms with Gasteiger partial charge in [-0.15, -0.1) is 12.4 Å². The molecule has 4 nitrogen and oxygen atoms in total. The predicted molar refractivity (Wildman–Crippen MR) is 95.6 cm³/mol. The van der Waals surface area contributed by atoms with E-state index in [1.807, 2.05) is 48.5 Å². The van der Waals surface area contributed by atoms with Crippen molar-refractivity contribution in [2.24, 2.45) is 0 Å². The van der Waals surface area contributed by atoms with Gasteiger partial charge in [0.05, 0.1) is 19.7 Å². The Morgan fingerprint density at radius 2 is 1.74 bits per heavy atom. The third-order valence-corrected chi connectivity index (χ3v) is 3.65. The van der Waals surface area contributed by atoms with E-state index >= 15 is 0 Å². The van der Waals surface area contributed by atoms with Gasteiger partial charge in [0.25, 0.3) is 0 Å². The van der Waals surface area contributed by atoms with Crippen molar-refractivity contribution >= 4 is 29.9 Å². The van der Waals surface area contributed by atoms with Gasteiger partial charge in [-0.2, -0.15) is 0 Å². The molecule has 0 aliphatic carbocycles. The zero-order valence-corrected chi connectivity index (χ0v) is 14.6. The largest absolute Gasteiger partial charge is 0.496 e. The Hall–Kier alpha value is -1.75. The van der Waals surface area contributed by atoms with Gasteiger partial charge in [-0.3, -0.25) is 4.79 Å². The number of hydrogen-bond donors (Lipinski definition) is 2. The second-order valence-corrected chi connectivity index (χ2v) is 5.20. The molecule has 0 spiro atoms. The summed E-state index contributed by atoms with van der Waals surface area (Å²) in [7, 11) is 3.34. The van der Waals surface area contributed by atoms with E-state index in [2.05, 4.69) is 10.6 Å². The van der Waals surface area contributed by atoms with Gasteiger partial charge in [-0.05, 0) is 24.7 Å². The molecule has 1 atom stereocenters. The highest BCUT2D eigenvalue weighted by Gasteiger charge is 2.21. The number of carbonyl (C=O) groups is 1. The fourth-order valence-electron chi connectivity index (χ4n) is 2.31. The first-order valence-electron chi connectivity index (χ1n) is 6.98. The molecule has 0 saturated heterocycles. The van der Waals surface area contributed by atoms with Crippen LogP contribution in [0.1, 0.15) is 17.2 Å². The molecular weight excluding hydrogens is 335 g/mol. The number of rotatable bonds is 6. The number of halogens is 2. The summed E-state index contributed by atoms with van der Waals surface area (Å²) >= 11 is 6.32. The Labute approximate surface area is 147 Å². The van der Waals surface area contributed by atoms with Crippen molar-refractivity contribution in [3.63, 3.8) is 0 Å². The lowest BCUT2D eigenvalue weighted by Gasteiger charge is -2.22. The first kappa shape index (κ1) is 19.3. The highest BCUT2D eigenvalue weighted by molar-refractivity contribution is 6.31. The first-order valence-corrected chi connectivity index (χ1v) is 7.36. The van der Waals surface area contributed by atoms with Gasteiger partial charge in [0.1, 0.15) is 5.75 Å². The smallest absolute Gasteiger partial charge is 0.234 e. The maximum absolute atomic E-state index is 12.1. The van der Waals surface area contributed by atoms with Gasteiger partial charge < -0.3 is 15.4 Å². The standard InChI is InChI=1S/C17H19ClN2O2.ClH/c1-19-11-16(21)20-17(12-7-3-5-9-14(12)18)13-8-4-6-10-15(13)22-2;/h3-10,17,19H,11H2,1-2H3,(H,20,21);1H. The van der Waals surface area contributed by atoms with Crippen molar-refractivity contribution < 1.29 is 9.53 Å². The molecule has 0 aliphatic rings. The van der Waals surface area contributed by atoms with Gasteiger partial charge in [-0.1, -0.05) is 48.0 Å². The van der Waals surface area contributed by atoms with Gasteiger partial charge >= 0.3 is 0 Å². The first-order chi connectivity index (χ1) is 10.7. The van der Waals surface area contributed by atoms with Crippen LogP contribution < -0.4 is 15.4 Å². The molecule has 0 bridgehead atoms. The molecule has 0 heterocycles. The second-order valence-electron chi connectivity index (χ2n) is 4.79. The normalized spacial score (nSPS) is 11.3. The molecule has 0 fully saturated rings. The molecule has 124 valence electrons. The average molecular weight is 355 g/mol. The summed E-state index contributed by atoms with van der Waals surface area (Å²) in [6.45, 7) is 0.232. The Bertz CT molecular complexity index is 650. The van der Waals surface area contributed by atoms with E-state index in [4.69, 9.17) is 16.3 Å². The third-order valence-electron chi connectivity index (χ3n) is 3.31.